The molecule has 0 aromatic carbocycles. The first-order valence-corrected chi connectivity index (χ1v) is 7.19. The molecule has 0 heterocycles. The highest BCUT2D eigenvalue weighted by Crippen LogP contribution is 2.31. The molecule has 0 aliphatic heterocycles. The molecular formula is C14H30N2O. The van der Waals surface area contributed by atoms with Gasteiger partial charge < -0.3 is 15.3 Å². The maximum absolute atomic E-state index is 9.75. The third-order valence-electron chi connectivity index (χ3n) is 4.05. The summed E-state index contributed by atoms with van der Waals surface area (Å²) in [6.07, 6.45) is 4.70. The molecule has 2 unspecified atom stereocenters. The zero-order chi connectivity index (χ0) is 12.9. The van der Waals surface area contributed by atoms with Crippen molar-refractivity contribution in [3.8, 4) is 0 Å². The Morgan fingerprint density at radius 2 is 2.00 bits per heavy atom. The molecule has 0 bridgehead atoms. The fourth-order valence-electron chi connectivity index (χ4n) is 3.32. The topological polar surface area (TPSA) is 35.5 Å². The van der Waals surface area contributed by atoms with Crippen LogP contribution in [0.15, 0.2) is 0 Å². The van der Waals surface area contributed by atoms with E-state index < -0.39 is 0 Å². The highest BCUT2D eigenvalue weighted by atomic mass is 16.3. The van der Waals surface area contributed by atoms with Crippen molar-refractivity contribution in [2.45, 2.75) is 71.0 Å². The van der Waals surface area contributed by atoms with E-state index in [2.05, 4.69) is 37.9 Å². The molecule has 0 aromatic heterocycles. The van der Waals surface area contributed by atoms with Gasteiger partial charge in [-0.15, -0.1) is 0 Å². The third kappa shape index (κ3) is 3.94. The van der Waals surface area contributed by atoms with E-state index in [1.165, 1.54) is 12.8 Å². The van der Waals surface area contributed by atoms with E-state index in [1.54, 1.807) is 0 Å². The second kappa shape index (κ2) is 6.72. The molecule has 102 valence electrons. The van der Waals surface area contributed by atoms with Gasteiger partial charge in [-0.1, -0.05) is 27.7 Å². The van der Waals surface area contributed by atoms with Gasteiger partial charge in [0.2, 0.25) is 0 Å². The van der Waals surface area contributed by atoms with Crippen LogP contribution >= 0.6 is 0 Å². The van der Waals surface area contributed by atoms with E-state index in [9.17, 15) is 5.11 Å². The lowest BCUT2D eigenvalue weighted by atomic mass is 9.78. The molecule has 2 atom stereocenters. The van der Waals surface area contributed by atoms with Crippen molar-refractivity contribution in [1.29, 1.82) is 0 Å². The molecule has 0 aromatic rings. The largest absolute Gasteiger partial charge is 0.394 e. The van der Waals surface area contributed by atoms with E-state index in [0.717, 1.165) is 25.9 Å². The first-order valence-electron chi connectivity index (χ1n) is 7.19. The fraction of sp³-hybridized carbons (Fsp3) is 1.00. The number of hydrogen-bond acceptors (Lipinski definition) is 3. The maximum atomic E-state index is 9.75. The van der Waals surface area contributed by atoms with Gasteiger partial charge >= 0.3 is 0 Å². The zero-order valence-corrected chi connectivity index (χ0v) is 12.0. The molecule has 17 heavy (non-hydrogen) atoms. The quantitative estimate of drug-likeness (QED) is 0.748. The minimum absolute atomic E-state index is 0.0420. The van der Waals surface area contributed by atoms with Crippen LogP contribution in [-0.4, -0.2) is 47.3 Å². The van der Waals surface area contributed by atoms with E-state index in [-0.39, 0.29) is 12.1 Å². The molecule has 1 saturated carbocycles. The summed E-state index contributed by atoms with van der Waals surface area (Å²) in [5, 5.41) is 13.4. The Kier molecular flexibility index (Phi) is 5.90. The fourth-order valence-corrected chi connectivity index (χ4v) is 3.32. The summed E-state index contributed by atoms with van der Waals surface area (Å²) in [6, 6.07) is 1.08. The number of rotatable bonds is 6. The zero-order valence-electron chi connectivity index (χ0n) is 12.0. The van der Waals surface area contributed by atoms with Crippen LogP contribution in [0.4, 0.5) is 0 Å². The minimum Gasteiger partial charge on any atom is -0.394 e. The summed E-state index contributed by atoms with van der Waals surface area (Å²) >= 11 is 0. The minimum atomic E-state index is -0.0420. The molecule has 1 aliphatic rings. The number of nitrogens with zero attached hydrogens (tertiary/aromatic N) is 1. The van der Waals surface area contributed by atoms with Crippen LogP contribution in [0.25, 0.3) is 0 Å². The van der Waals surface area contributed by atoms with Gasteiger partial charge in [-0.2, -0.15) is 0 Å². The van der Waals surface area contributed by atoms with E-state index in [0.29, 0.717) is 12.1 Å². The summed E-state index contributed by atoms with van der Waals surface area (Å²) in [6.45, 7) is 11.3. The molecule has 0 spiro atoms. The molecule has 1 aliphatic carbocycles. The lowest BCUT2D eigenvalue weighted by Gasteiger charge is -2.45. The van der Waals surface area contributed by atoms with Gasteiger partial charge in [-0.25, -0.2) is 0 Å². The Morgan fingerprint density at radius 1 is 1.35 bits per heavy atom. The van der Waals surface area contributed by atoms with Gasteiger partial charge in [0.05, 0.1) is 6.61 Å². The molecular weight excluding hydrogens is 212 g/mol. The molecule has 3 heteroatoms. The molecule has 1 rings (SSSR count). The smallest absolute Gasteiger partial charge is 0.0613 e. The number of hydrogen-bond donors (Lipinski definition) is 2. The molecule has 3 nitrogen and oxygen atoms in total. The Balaban J connectivity index is 2.67. The van der Waals surface area contributed by atoms with Crippen LogP contribution < -0.4 is 5.32 Å². The van der Waals surface area contributed by atoms with Crippen molar-refractivity contribution >= 4 is 0 Å². The van der Waals surface area contributed by atoms with Crippen LogP contribution in [0.3, 0.4) is 0 Å². The van der Waals surface area contributed by atoms with Crippen molar-refractivity contribution in [3.63, 3.8) is 0 Å². The van der Waals surface area contributed by atoms with Crippen molar-refractivity contribution in [2.75, 3.05) is 19.7 Å². The van der Waals surface area contributed by atoms with Gasteiger partial charge in [0.1, 0.15) is 0 Å². The molecule has 0 radical (unpaired) electrons. The van der Waals surface area contributed by atoms with Gasteiger partial charge in [0.15, 0.2) is 0 Å². The van der Waals surface area contributed by atoms with Crippen molar-refractivity contribution in [3.05, 3.63) is 0 Å². The maximum Gasteiger partial charge on any atom is 0.0613 e. The van der Waals surface area contributed by atoms with Gasteiger partial charge in [-0.05, 0) is 38.8 Å². The summed E-state index contributed by atoms with van der Waals surface area (Å²) in [5.41, 5.74) is -0.0420. The summed E-state index contributed by atoms with van der Waals surface area (Å²) < 4.78 is 0. The predicted octanol–water partition coefficient (Wildman–Crippen LogP) is 2.00. The standard InChI is InChI=1S/C14H30N2O/c1-5-16(6-2)13-8-7-9-14(10-13,11-17)15-12(3)4/h12-13,15,17H,5-11H2,1-4H3. The van der Waals surface area contributed by atoms with Crippen molar-refractivity contribution < 1.29 is 5.11 Å². The Hall–Kier alpha value is -0.120. The lowest BCUT2D eigenvalue weighted by molar-refractivity contribution is 0.0582. The average Bonchev–Trinajstić information content (AvgIpc) is 2.30. The van der Waals surface area contributed by atoms with Gasteiger partial charge in [0, 0.05) is 17.6 Å². The monoisotopic (exact) mass is 242 g/mol. The molecule has 0 amide bonds. The molecule has 0 saturated heterocycles. The average molecular weight is 242 g/mol. The highest BCUT2D eigenvalue weighted by molar-refractivity contribution is 4.97. The Morgan fingerprint density at radius 3 is 2.47 bits per heavy atom. The predicted molar refractivity (Wildman–Crippen MR) is 73.3 cm³/mol. The first-order chi connectivity index (χ1) is 8.06. The van der Waals surface area contributed by atoms with Gasteiger partial charge in [0.25, 0.3) is 0 Å². The Labute approximate surface area is 107 Å². The van der Waals surface area contributed by atoms with Crippen molar-refractivity contribution in [1.82, 2.24) is 10.2 Å². The number of aliphatic hydroxyl groups excluding tert-OH is 1. The SMILES string of the molecule is CCN(CC)C1CCCC(CO)(NC(C)C)C1. The van der Waals surface area contributed by atoms with Crippen LogP contribution in [0.1, 0.15) is 53.4 Å². The normalized spacial score (nSPS) is 30.2. The lowest BCUT2D eigenvalue weighted by Crippen LogP contribution is -2.57. The summed E-state index contributed by atoms with van der Waals surface area (Å²) in [4.78, 5) is 2.53. The van der Waals surface area contributed by atoms with Crippen molar-refractivity contribution in [2.24, 2.45) is 0 Å². The number of aliphatic hydroxyl groups is 1. The molecule has 2 N–H and O–H groups in total. The second-order valence-corrected chi connectivity index (χ2v) is 5.71. The van der Waals surface area contributed by atoms with Crippen LogP contribution in [0, 0.1) is 0 Å². The second-order valence-electron chi connectivity index (χ2n) is 5.71. The summed E-state index contributed by atoms with van der Waals surface area (Å²) in [5.74, 6) is 0. The van der Waals surface area contributed by atoms with E-state index in [4.69, 9.17) is 0 Å². The highest BCUT2D eigenvalue weighted by Gasteiger charge is 2.37. The van der Waals surface area contributed by atoms with Gasteiger partial charge in [-0.3, -0.25) is 0 Å². The Bertz CT molecular complexity index is 216. The molecule has 1 fully saturated rings. The number of nitrogens with one attached hydrogen (secondary N) is 1. The van der Waals surface area contributed by atoms with Crippen LogP contribution in [0.5, 0.6) is 0 Å². The first kappa shape index (κ1) is 14.9. The van der Waals surface area contributed by atoms with Crippen LogP contribution in [-0.2, 0) is 0 Å². The van der Waals surface area contributed by atoms with E-state index in [1.807, 2.05) is 0 Å². The third-order valence-corrected chi connectivity index (χ3v) is 4.05. The summed E-state index contributed by atoms with van der Waals surface area (Å²) in [7, 11) is 0. The van der Waals surface area contributed by atoms with Crippen LogP contribution in [0.2, 0.25) is 0 Å². The van der Waals surface area contributed by atoms with E-state index >= 15 is 0 Å².